The monoisotopic (exact) mass is 337 g/mol. The van der Waals surface area contributed by atoms with Crippen molar-refractivity contribution in [3.63, 3.8) is 0 Å². The highest BCUT2D eigenvalue weighted by Crippen LogP contribution is 2.46. The first-order valence-electron chi connectivity index (χ1n) is 7.83. The maximum Gasteiger partial charge on any atom is 0.138 e. The summed E-state index contributed by atoms with van der Waals surface area (Å²) in [5.41, 5.74) is 10.9. The van der Waals surface area contributed by atoms with Crippen LogP contribution in [0.4, 0.5) is 0 Å². The van der Waals surface area contributed by atoms with Gasteiger partial charge >= 0.3 is 0 Å². The van der Waals surface area contributed by atoms with E-state index in [4.69, 9.17) is 10.5 Å². The Morgan fingerprint density at radius 1 is 1.10 bits per heavy atom. The summed E-state index contributed by atoms with van der Waals surface area (Å²) in [5, 5.41) is 0. The highest BCUT2D eigenvalue weighted by Gasteiger charge is 2.36. The number of hydrogen-bond donors (Lipinski definition) is 1. The zero-order valence-electron chi connectivity index (χ0n) is 12.3. The molecule has 20 heavy (non-hydrogen) atoms. The summed E-state index contributed by atoms with van der Waals surface area (Å²) in [6, 6.07) is 2.25. The van der Waals surface area contributed by atoms with Crippen LogP contribution >= 0.6 is 15.9 Å². The van der Waals surface area contributed by atoms with E-state index < -0.39 is 0 Å². The molecule has 0 atom stereocenters. The number of fused-ring (bicyclic) bond motifs is 1. The molecule has 1 fully saturated rings. The highest BCUT2D eigenvalue weighted by molar-refractivity contribution is 9.10. The van der Waals surface area contributed by atoms with Gasteiger partial charge in [0.25, 0.3) is 0 Å². The van der Waals surface area contributed by atoms with Crippen LogP contribution in [0.2, 0.25) is 0 Å². The van der Waals surface area contributed by atoms with Crippen LogP contribution < -0.4 is 10.5 Å². The molecule has 1 aromatic rings. The number of nitrogens with two attached hydrogens (primary N) is 1. The Morgan fingerprint density at radius 2 is 1.80 bits per heavy atom. The molecule has 0 aromatic heterocycles. The zero-order chi connectivity index (χ0) is 14.2. The third kappa shape index (κ3) is 2.39. The van der Waals surface area contributed by atoms with E-state index in [1.165, 1.54) is 55.2 Å². The SMILES string of the molecule is COc1c(Br)cc2c(c1C1(N)CCCCC1)CCCC2. The van der Waals surface area contributed by atoms with Crippen LogP contribution in [0.3, 0.4) is 0 Å². The molecule has 3 heteroatoms. The lowest BCUT2D eigenvalue weighted by Gasteiger charge is -2.38. The fraction of sp³-hybridized carbons (Fsp3) is 0.647. The molecule has 0 spiro atoms. The van der Waals surface area contributed by atoms with Crippen LogP contribution in [0.5, 0.6) is 5.75 Å². The summed E-state index contributed by atoms with van der Waals surface area (Å²) in [7, 11) is 1.77. The van der Waals surface area contributed by atoms with Crippen molar-refractivity contribution in [2.75, 3.05) is 7.11 Å². The lowest BCUT2D eigenvalue weighted by atomic mass is 9.72. The quantitative estimate of drug-likeness (QED) is 0.864. The molecule has 2 N–H and O–H groups in total. The van der Waals surface area contributed by atoms with Crippen LogP contribution in [0.15, 0.2) is 10.5 Å². The first-order valence-corrected chi connectivity index (χ1v) is 8.62. The average molecular weight is 338 g/mol. The van der Waals surface area contributed by atoms with E-state index in [0.717, 1.165) is 29.5 Å². The molecule has 1 aromatic carbocycles. The molecule has 1 saturated carbocycles. The maximum absolute atomic E-state index is 6.85. The van der Waals surface area contributed by atoms with Gasteiger partial charge in [0.15, 0.2) is 0 Å². The molecule has 0 bridgehead atoms. The summed E-state index contributed by atoms with van der Waals surface area (Å²) < 4.78 is 6.81. The second-order valence-corrected chi connectivity index (χ2v) is 7.18. The van der Waals surface area contributed by atoms with Gasteiger partial charge in [0.2, 0.25) is 0 Å². The van der Waals surface area contributed by atoms with Crippen LogP contribution in [0.25, 0.3) is 0 Å². The minimum Gasteiger partial charge on any atom is -0.495 e. The van der Waals surface area contributed by atoms with E-state index in [-0.39, 0.29) is 5.54 Å². The average Bonchev–Trinajstić information content (AvgIpc) is 2.46. The first kappa shape index (κ1) is 14.4. The summed E-state index contributed by atoms with van der Waals surface area (Å²) >= 11 is 3.70. The zero-order valence-corrected chi connectivity index (χ0v) is 13.9. The molecule has 2 aliphatic rings. The van der Waals surface area contributed by atoms with Crippen LogP contribution in [0.1, 0.15) is 61.6 Å². The Labute approximate surface area is 130 Å². The minimum absolute atomic E-state index is 0.186. The second kappa shape index (κ2) is 5.69. The predicted molar refractivity (Wildman–Crippen MR) is 86.3 cm³/mol. The number of halogens is 1. The van der Waals surface area contributed by atoms with Gasteiger partial charge in [0.05, 0.1) is 11.6 Å². The Kier molecular flexibility index (Phi) is 4.09. The van der Waals surface area contributed by atoms with E-state index in [1.54, 1.807) is 7.11 Å². The largest absolute Gasteiger partial charge is 0.495 e. The van der Waals surface area contributed by atoms with Gasteiger partial charge in [-0.05, 0) is 71.6 Å². The summed E-state index contributed by atoms with van der Waals surface area (Å²) in [6.07, 6.45) is 10.9. The third-order valence-electron chi connectivity index (χ3n) is 5.01. The van der Waals surface area contributed by atoms with Gasteiger partial charge in [0.1, 0.15) is 5.75 Å². The Balaban J connectivity index is 2.18. The van der Waals surface area contributed by atoms with E-state index in [2.05, 4.69) is 22.0 Å². The normalized spacial score (nSPS) is 21.4. The molecule has 0 radical (unpaired) electrons. The first-order chi connectivity index (χ1) is 9.65. The molecule has 0 heterocycles. The molecule has 0 aliphatic heterocycles. The van der Waals surface area contributed by atoms with Crippen molar-refractivity contribution < 1.29 is 4.74 Å². The molecule has 0 amide bonds. The smallest absolute Gasteiger partial charge is 0.138 e. The van der Waals surface area contributed by atoms with Crippen molar-refractivity contribution in [3.8, 4) is 5.75 Å². The van der Waals surface area contributed by atoms with E-state index in [1.807, 2.05) is 0 Å². The molecule has 0 unspecified atom stereocenters. The van der Waals surface area contributed by atoms with Crippen molar-refractivity contribution in [3.05, 3.63) is 27.2 Å². The fourth-order valence-electron chi connectivity index (χ4n) is 4.01. The van der Waals surface area contributed by atoms with Crippen molar-refractivity contribution in [1.29, 1.82) is 0 Å². The molecule has 0 saturated heterocycles. The van der Waals surface area contributed by atoms with Crippen molar-refractivity contribution in [2.45, 2.75) is 63.3 Å². The molecule has 110 valence electrons. The highest BCUT2D eigenvalue weighted by atomic mass is 79.9. The fourth-order valence-corrected chi connectivity index (χ4v) is 4.64. The van der Waals surface area contributed by atoms with Crippen molar-refractivity contribution in [1.82, 2.24) is 0 Å². The van der Waals surface area contributed by atoms with Gasteiger partial charge in [-0.3, -0.25) is 0 Å². The number of rotatable bonds is 2. The lowest BCUT2D eigenvalue weighted by Crippen LogP contribution is -2.40. The van der Waals surface area contributed by atoms with Gasteiger partial charge in [-0.15, -0.1) is 0 Å². The van der Waals surface area contributed by atoms with E-state index in [9.17, 15) is 0 Å². The number of aryl methyl sites for hydroxylation is 1. The Morgan fingerprint density at radius 3 is 2.50 bits per heavy atom. The predicted octanol–water partition coefficient (Wildman–Crippen LogP) is 4.45. The van der Waals surface area contributed by atoms with Crippen LogP contribution in [-0.4, -0.2) is 7.11 Å². The third-order valence-corrected chi connectivity index (χ3v) is 5.59. The van der Waals surface area contributed by atoms with Crippen LogP contribution in [0, 0.1) is 0 Å². The number of hydrogen-bond acceptors (Lipinski definition) is 2. The summed E-state index contributed by atoms with van der Waals surface area (Å²) in [5.74, 6) is 0.982. The van der Waals surface area contributed by atoms with E-state index in [0.29, 0.717) is 0 Å². The van der Waals surface area contributed by atoms with Gasteiger partial charge < -0.3 is 10.5 Å². The van der Waals surface area contributed by atoms with E-state index >= 15 is 0 Å². The minimum atomic E-state index is -0.186. The Hall–Kier alpha value is -0.540. The molecule has 3 rings (SSSR count). The summed E-state index contributed by atoms with van der Waals surface area (Å²) in [4.78, 5) is 0. The number of ether oxygens (including phenoxy) is 1. The molecular weight excluding hydrogens is 314 g/mol. The van der Waals surface area contributed by atoms with Gasteiger partial charge in [0, 0.05) is 11.1 Å². The van der Waals surface area contributed by atoms with Gasteiger partial charge in [-0.2, -0.15) is 0 Å². The van der Waals surface area contributed by atoms with Crippen molar-refractivity contribution >= 4 is 15.9 Å². The van der Waals surface area contributed by atoms with Crippen molar-refractivity contribution in [2.24, 2.45) is 5.73 Å². The topological polar surface area (TPSA) is 35.2 Å². The standard InChI is InChI=1S/C17H24BrNO/c1-20-16-14(18)11-12-7-3-4-8-13(12)15(16)17(19)9-5-2-6-10-17/h11H,2-10,19H2,1H3. The van der Waals surface area contributed by atoms with Gasteiger partial charge in [-0.25, -0.2) is 0 Å². The Bertz CT molecular complexity index is 506. The second-order valence-electron chi connectivity index (χ2n) is 6.33. The molecule has 2 nitrogen and oxygen atoms in total. The van der Waals surface area contributed by atoms with Gasteiger partial charge in [-0.1, -0.05) is 19.3 Å². The molecular formula is C17H24BrNO. The summed E-state index contributed by atoms with van der Waals surface area (Å²) in [6.45, 7) is 0. The van der Waals surface area contributed by atoms with Crippen LogP contribution in [-0.2, 0) is 18.4 Å². The number of benzene rings is 1. The number of methoxy groups -OCH3 is 1. The maximum atomic E-state index is 6.85. The molecule has 2 aliphatic carbocycles. The lowest BCUT2D eigenvalue weighted by molar-refractivity contribution is 0.285.